The fourth-order valence-corrected chi connectivity index (χ4v) is 5.24. The van der Waals surface area contributed by atoms with E-state index in [1.54, 1.807) is 11.3 Å². The van der Waals surface area contributed by atoms with Crippen molar-refractivity contribution in [3.63, 3.8) is 0 Å². The van der Waals surface area contributed by atoms with Gasteiger partial charge in [0.1, 0.15) is 15.7 Å². The third kappa shape index (κ3) is 4.55. The van der Waals surface area contributed by atoms with Gasteiger partial charge in [-0.05, 0) is 52.7 Å². The van der Waals surface area contributed by atoms with Gasteiger partial charge in [-0.25, -0.2) is 9.97 Å². The molecule has 148 valence electrons. The van der Waals surface area contributed by atoms with Gasteiger partial charge in [0.2, 0.25) is 5.91 Å². The number of aryl methyl sites for hydroxylation is 3. The standard InChI is InChI=1S/C22H27N3OS2/c1-14-15(2)28-21-19(14)20(23-16(3)24-21)27-13-18(26)25(22(4,5)6)12-17-10-8-7-9-11-17/h7-11H,12-13H2,1-6H3. The average Bonchev–Trinajstić information content (AvgIpc) is 2.91. The molecule has 1 amide bonds. The van der Waals surface area contributed by atoms with E-state index in [-0.39, 0.29) is 11.4 Å². The van der Waals surface area contributed by atoms with E-state index in [4.69, 9.17) is 0 Å². The number of hydrogen-bond donors (Lipinski definition) is 0. The molecule has 2 heterocycles. The molecule has 0 radical (unpaired) electrons. The maximum Gasteiger partial charge on any atom is 0.233 e. The van der Waals surface area contributed by atoms with Crippen molar-refractivity contribution in [2.24, 2.45) is 0 Å². The fourth-order valence-electron chi connectivity index (χ4n) is 3.09. The highest BCUT2D eigenvalue weighted by atomic mass is 32.2. The van der Waals surface area contributed by atoms with Crippen molar-refractivity contribution >= 4 is 39.2 Å². The van der Waals surface area contributed by atoms with E-state index in [2.05, 4.69) is 56.7 Å². The Hall–Kier alpha value is -1.92. The van der Waals surface area contributed by atoms with Gasteiger partial charge in [0, 0.05) is 22.3 Å². The second-order valence-corrected chi connectivity index (χ2v) is 10.1. The zero-order valence-corrected chi connectivity index (χ0v) is 19.0. The Morgan fingerprint density at radius 2 is 1.79 bits per heavy atom. The molecule has 4 nitrogen and oxygen atoms in total. The molecule has 2 aromatic heterocycles. The van der Waals surface area contributed by atoms with Crippen molar-refractivity contribution in [2.45, 2.75) is 58.7 Å². The predicted octanol–water partition coefficient (Wildman–Crippen LogP) is 5.54. The molecule has 0 N–H and O–H groups in total. The lowest BCUT2D eigenvalue weighted by Gasteiger charge is -2.36. The van der Waals surface area contributed by atoms with Crippen LogP contribution in [-0.4, -0.2) is 32.1 Å². The monoisotopic (exact) mass is 413 g/mol. The molecule has 0 aliphatic carbocycles. The Morgan fingerprint density at radius 1 is 1.11 bits per heavy atom. The molecule has 28 heavy (non-hydrogen) atoms. The van der Waals surface area contributed by atoms with Gasteiger partial charge in [-0.3, -0.25) is 4.79 Å². The molecule has 0 saturated heterocycles. The smallest absolute Gasteiger partial charge is 0.233 e. The first-order chi connectivity index (χ1) is 13.2. The highest BCUT2D eigenvalue weighted by molar-refractivity contribution is 8.00. The number of thiophene rings is 1. The van der Waals surface area contributed by atoms with E-state index in [9.17, 15) is 4.79 Å². The van der Waals surface area contributed by atoms with Crippen LogP contribution in [0, 0.1) is 20.8 Å². The summed E-state index contributed by atoms with van der Waals surface area (Å²) in [5.41, 5.74) is 2.10. The van der Waals surface area contributed by atoms with Crippen molar-refractivity contribution < 1.29 is 4.79 Å². The summed E-state index contributed by atoms with van der Waals surface area (Å²) < 4.78 is 0. The number of hydrogen-bond acceptors (Lipinski definition) is 5. The minimum Gasteiger partial charge on any atom is -0.333 e. The van der Waals surface area contributed by atoms with Gasteiger partial charge >= 0.3 is 0 Å². The number of aromatic nitrogens is 2. The van der Waals surface area contributed by atoms with E-state index in [1.807, 2.05) is 30.0 Å². The summed E-state index contributed by atoms with van der Waals surface area (Å²) in [7, 11) is 0. The van der Waals surface area contributed by atoms with Crippen molar-refractivity contribution in [2.75, 3.05) is 5.75 Å². The second-order valence-electron chi connectivity index (χ2n) is 7.96. The van der Waals surface area contributed by atoms with Crippen molar-refractivity contribution in [1.82, 2.24) is 14.9 Å². The quantitative estimate of drug-likeness (QED) is 0.407. The molecule has 3 aromatic rings. The van der Waals surface area contributed by atoms with Crippen LogP contribution in [0.5, 0.6) is 0 Å². The average molecular weight is 414 g/mol. The molecule has 0 aliphatic heterocycles. The molecule has 0 spiro atoms. The summed E-state index contributed by atoms with van der Waals surface area (Å²) >= 11 is 3.21. The zero-order valence-electron chi connectivity index (χ0n) is 17.4. The number of carbonyl (C=O) groups excluding carboxylic acids is 1. The maximum absolute atomic E-state index is 13.1. The first kappa shape index (κ1) is 20.8. The predicted molar refractivity (Wildman–Crippen MR) is 119 cm³/mol. The number of benzene rings is 1. The van der Waals surface area contributed by atoms with E-state index in [0.717, 1.165) is 26.6 Å². The molecule has 0 atom stereocenters. The Labute approximate surface area is 175 Å². The molecule has 0 unspecified atom stereocenters. The Bertz CT molecular complexity index is 990. The number of amides is 1. The summed E-state index contributed by atoms with van der Waals surface area (Å²) in [6.07, 6.45) is 0. The normalized spacial score (nSPS) is 11.8. The Kier molecular flexibility index (Phi) is 6.10. The third-order valence-corrected chi connectivity index (χ3v) is 6.80. The molecular formula is C22H27N3OS2. The summed E-state index contributed by atoms with van der Waals surface area (Å²) in [6, 6.07) is 10.1. The van der Waals surface area contributed by atoms with Crippen molar-refractivity contribution in [1.29, 1.82) is 0 Å². The zero-order chi connectivity index (χ0) is 20.5. The molecule has 0 fully saturated rings. The van der Waals surface area contributed by atoms with E-state index in [0.29, 0.717) is 12.3 Å². The van der Waals surface area contributed by atoms with Crippen LogP contribution in [0.1, 0.15) is 42.6 Å². The summed E-state index contributed by atoms with van der Waals surface area (Å²) in [4.78, 5) is 26.6. The SMILES string of the molecule is Cc1nc(SCC(=O)N(Cc2ccccc2)C(C)(C)C)c2c(C)c(C)sc2n1. The number of carbonyl (C=O) groups is 1. The molecule has 0 aliphatic rings. The molecule has 6 heteroatoms. The molecular weight excluding hydrogens is 386 g/mol. The Balaban J connectivity index is 1.82. The summed E-state index contributed by atoms with van der Waals surface area (Å²) in [6.45, 7) is 13.0. The summed E-state index contributed by atoms with van der Waals surface area (Å²) in [5, 5.41) is 2.00. The van der Waals surface area contributed by atoms with Gasteiger partial charge in [-0.1, -0.05) is 42.1 Å². The van der Waals surface area contributed by atoms with Crippen LogP contribution in [0.3, 0.4) is 0 Å². The van der Waals surface area contributed by atoms with E-state index < -0.39 is 0 Å². The van der Waals surface area contributed by atoms with Crippen molar-refractivity contribution in [3.8, 4) is 0 Å². The topological polar surface area (TPSA) is 46.1 Å². The lowest BCUT2D eigenvalue weighted by atomic mass is 10.0. The fraction of sp³-hybridized carbons (Fsp3) is 0.409. The molecule has 3 rings (SSSR count). The van der Waals surface area contributed by atoms with Gasteiger partial charge in [-0.2, -0.15) is 0 Å². The Morgan fingerprint density at radius 3 is 2.43 bits per heavy atom. The number of thioether (sulfide) groups is 1. The maximum atomic E-state index is 13.1. The minimum absolute atomic E-state index is 0.121. The van der Waals surface area contributed by atoms with Gasteiger partial charge in [0.05, 0.1) is 5.75 Å². The van der Waals surface area contributed by atoms with Gasteiger partial charge in [0.25, 0.3) is 0 Å². The van der Waals surface area contributed by atoms with Gasteiger partial charge in [0.15, 0.2) is 0 Å². The van der Waals surface area contributed by atoms with Gasteiger partial charge < -0.3 is 4.90 Å². The van der Waals surface area contributed by atoms with Crippen LogP contribution in [0.2, 0.25) is 0 Å². The van der Waals surface area contributed by atoms with Crippen LogP contribution in [0.4, 0.5) is 0 Å². The lowest BCUT2D eigenvalue weighted by Crippen LogP contribution is -2.45. The third-order valence-electron chi connectivity index (χ3n) is 4.73. The molecule has 1 aromatic carbocycles. The minimum atomic E-state index is -0.251. The van der Waals surface area contributed by atoms with Crippen LogP contribution >= 0.6 is 23.1 Å². The largest absolute Gasteiger partial charge is 0.333 e. The number of rotatable bonds is 5. The van der Waals surface area contributed by atoms with Crippen molar-refractivity contribution in [3.05, 3.63) is 52.2 Å². The van der Waals surface area contributed by atoms with Crippen LogP contribution in [-0.2, 0) is 11.3 Å². The van der Waals surface area contributed by atoms with Crippen LogP contribution < -0.4 is 0 Å². The molecule has 0 bridgehead atoms. The molecule has 0 saturated carbocycles. The first-order valence-electron chi connectivity index (χ1n) is 9.38. The van der Waals surface area contributed by atoms with Crippen LogP contribution in [0.15, 0.2) is 35.4 Å². The van der Waals surface area contributed by atoms with E-state index >= 15 is 0 Å². The number of nitrogens with zero attached hydrogens (tertiary/aromatic N) is 3. The highest BCUT2D eigenvalue weighted by Gasteiger charge is 2.27. The number of fused-ring (bicyclic) bond motifs is 1. The highest BCUT2D eigenvalue weighted by Crippen LogP contribution is 2.35. The van der Waals surface area contributed by atoms with E-state index in [1.165, 1.54) is 22.2 Å². The lowest BCUT2D eigenvalue weighted by molar-refractivity contribution is -0.133. The van der Waals surface area contributed by atoms with Crippen LogP contribution in [0.25, 0.3) is 10.2 Å². The first-order valence-corrected chi connectivity index (χ1v) is 11.2. The summed E-state index contributed by atoms with van der Waals surface area (Å²) in [5.74, 6) is 1.24. The van der Waals surface area contributed by atoms with Gasteiger partial charge in [-0.15, -0.1) is 11.3 Å². The second kappa shape index (κ2) is 8.21.